The van der Waals surface area contributed by atoms with Gasteiger partial charge in [-0.05, 0) is 23.4 Å². The maximum Gasteiger partial charge on any atom is 0.181 e. The van der Waals surface area contributed by atoms with E-state index in [0.29, 0.717) is 24.3 Å². The number of rotatable bonds is 5. The van der Waals surface area contributed by atoms with Gasteiger partial charge in [0.25, 0.3) is 0 Å². The van der Waals surface area contributed by atoms with Gasteiger partial charge in [0, 0.05) is 25.4 Å². The standard InChI is InChI=1S/C14H12ClFN6O2/c15-10-7-9(1-2-11(10)16)18-14(19-23)13-12(20-24-21-13)3-5-22-6-4-17-8-22/h1-2,4,6-8,23H,3,5H2,(H,18,19). The molecule has 2 heterocycles. The first-order valence-electron chi connectivity index (χ1n) is 6.89. The van der Waals surface area contributed by atoms with E-state index in [2.05, 4.69) is 20.3 Å². The molecule has 124 valence electrons. The lowest BCUT2D eigenvalue weighted by molar-refractivity contribution is 0.234. The van der Waals surface area contributed by atoms with Crippen molar-refractivity contribution in [2.75, 3.05) is 0 Å². The molecule has 8 nitrogen and oxygen atoms in total. The Hall–Kier alpha value is -2.78. The number of nitrogens with one attached hydrogen (secondary N) is 1. The van der Waals surface area contributed by atoms with Gasteiger partial charge in [-0.3, -0.25) is 10.7 Å². The van der Waals surface area contributed by atoms with Gasteiger partial charge < -0.3 is 4.57 Å². The van der Waals surface area contributed by atoms with Crippen molar-refractivity contribution in [1.82, 2.24) is 25.3 Å². The van der Waals surface area contributed by atoms with Gasteiger partial charge in [0.05, 0.1) is 17.0 Å². The first kappa shape index (κ1) is 16.1. The molecule has 0 unspecified atom stereocenters. The van der Waals surface area contributed by atoms with Gasteiger partial charge in [0.2, 0.25) is 0 Å². The number of hydroxylamine groups is 1. The van der Waals surface area contributed by atoms with Crippen LogP contribution in [0.3, 0.4) is 0 Å². The lowest BCUT2D eigenvalue weighted by atomic mass is 10.2. The zero-order valence-electron chi connectivity index (χ0n) is 12.2. The highest BCUT2D eigenvalue weighted by Crippen LogP contribution is 2.22. The Morgan fingerprint density at radius 2 is 2.29 bits per heavy atom. The van der Waals surface area contributed by atoms with Crippen LogP contribution in [0.1, 0.15) is 11.4 Å². The van der Waals surface area contributed by atoms with Crippen LogP contribution in [-0.4, -0.2) is 30.9 Å². The molecule has 0 saturated carbocycles. The highest BCUT2D eigenvalue weighted by molar-refractivity contribution is 6.31. The summed E-state index contributed by atoms with van der Waals surface area (Å²) in [5.41, 5.74) is 3.03. The van der Waals surface area contributed by atoms with E-state index in [-0.39, 0.29) is 16.6 Å². The van der Waals surface area contributed by atoms with Crippen LogP contribution < -0.4 is 5.48 Å². The lowest BCUT2D eigenvalue weighted by Crippen LogP contribution is -2.22. The maximum absolute atomic E-state index is 13.2. The molecule has 3 rings (SSSR count). The van der Waals surface area contributed by atoms with E-state index in [4.69, 9.17) is 16.2 Å². The van der Waals surface area contributed by atoms with Crippen LogP contribution in [0.25, 0.3) is 0 Å². The molecule has 0 aliphatic rings. The number of benzene rings is 1. The van der Waals surface area contributed by atoms with Crippen molar-refractivity contribution in [2.24, 2.45) is 4.99 Å². The molecule has 10 heteroatoms. The molecule has 0 radical (unpaired) electrons. The number of nitrogens with zero attached hydrogens (tertiary/aromatic N) is 5. The summed E-state index contributed by atoms with van der Waals surface area (Å²) in [6, 6.07) is 3.92. The van der Waals surface area contributed by atoms with Crippen LogP contribution in [0.15, 0.2) is 46.5 Å². The third-order valence-corrected chi connectivity index (χ3v) is 3.49. The Bertz CT molecular complexity index is 849. The summed E-state index contributed by atoms with van der Waals surface area (Å²) in [6.45, 7) is 0.600. The molecule has 0 aliphatic carbocycles. The number of aromatic nitrogens is 4. The number of hydrogen-bond donors (Lipinski definition) is 2. The summed E-state index contributed by atoms with van der Waals surface area (Å²) < 4.78 is 19.8. The maximum atomic E-state index is 13.2. The van der Waals surface area contributed by atoms with Crippen molar-refractivity contribution in [1.29, 1.82) is 0 Å². The number of amidine groups is 1. The molecule has 3 aromatic rings. The summed E-state index contributed by atoms with van der Waals surface area (Å²) in [6.07, 6.45) is 5.64. The number of aryl methyl sites for hydroxylation is 2. The van der Waals surface area contributed by atoms with E-state index in [9.17, 15) is 9.60 Å². The number of imidazole rings is 1. The Labute approximate surface area is 140 Å². The average Bonchev–Trinajstić information content (AvgIpc) is 3.25. The van der Waals surface area contributed by atoms with Crippen molar-refractivity contribution < 1.29 is 14.2 Å². The van der Waals surface area contributed by atoms with E-state index >= 15 is 0 Å². The van der Waals surface area contributed by atoms with E-state index in [1.807, 2.05) is 16.2 Å². The first-order chi connectivity index (χ1) is 11.7. The van der Waals surface area contributed by atoms with Crippen LogP contribution in [0.4, 0.5) is 10.1 Å². The van der Waals surface area contributed by atoms with Crippen LogP contribution in [0, 0.1) is 5.82 Å². The van der Waals surface area contributed by atoms with Crippen LogP contribution in [0.2, 0.25) is 5.02 Å². The molecule has 0 amide bonds. The number of halogens is 2. The molecule has 0 bridgehead atoms. The molecule has 0 saturated heterocycles. The van der Waals surface area contributed by atoms with Crippen molar-refractivity contribution in [3.05, 3.63) is 59.1 Å². The van der Waals surface area contributed by atoms with Gasteiger partial charge in [-0.25, -0.2) is 19.0 Å². The van der Waals surface area contributed by atoms with Crippen molar-refractivity contribution in [2.45, 2.75) is 13.0 Å². The Balaban J connectivity index is 1.84. The first-order valence-corrected chi connectivity index (χ1v) is 7.26. The molecule has 2 N–H and O–H groups in total. The summed E-state index contributed by atoms with van der Waals surface area (Å²) in [5, 5.41) is 16.8. The highest BCUT2D eigenvalue weighted by atomic mass is 35.5. The van der Waals surface area contributed by atoms with E-state index in [0.717, 1.165) is 0 Å². The number of aliphatic imine (C=N–C) groups is 1. The summed E-state index contributed by atoms with van der Waals surface area (Å²) in [4.78, 5) is 8.10. The summed E-state index contributed by atoms with van der Waals surface area (Å²) in [7, 11) is 0. The van der Waals surface area contributed by atoms with E-state index in [1.165, 1.54) is 18.2 Å². The largest absolute Gasteiger partial charge is 0.337 e. The third-order valence-electron chi connectivity index (χ3n) is 3.20. The molecule has 2 aromatic heterocycles. The zero-order chi connectivity index (χ0) is 16.9. The van der Waals surface area contributed by atoms with Gasteiger partial charge in [-0.1, -0.05) is 16.8 Å². The molecular weight excluding hydrogens is 339 g/mol. The normalized spacial score (nSPS) is 11.7. The fourth-order valence-electron chi connectivity index (χ4n) is 2.02. The van der Waals surface area contributed by atoms with Crippen LogP contribution in [-0.2, 0) is 13.0 Å². The van der Waals surface area contributed by atoms with Gasteiger partial charge in [0.15, 0.2) is 11.5 Å². The second-order valence-corrected chi connectivity index (χ2v) is 5.19. The molecular formula is C14H12ClFN6O2. The van der Waals surface area contributed by atoms with E-state index in [1.54, 1.807) is 12.5 Å². The van der Waals surface area contributed by atoms with Gasteiger partial charge in [-0.2, -0.15) is 0 Å². The smallest absolute Gasteiger partial charge is 0.181 e. The fourth-order valence-corrected chi connectivity index (χ4v) is 2.19. The monoisotopic (exact) mass is 350 g/mol. The third kappa shape index (κ3) is 3.58. The molecule has 0 aliphatic heterocycles. The Morgan fingerprint density at radius 3 is 3.00 bits per heavy atom. The minimum Gasteiger partial charge on any atom is -0.337 e. The van der Waals surface area contributed by atoms with E-state index < -0.39 is 5.82 Å². The van der Waals surface area contributed by atoms with Crippen molar-refractivity contribution in [3.8, 4) is 0 Å². The number of hydrogen-bond acceptors (Lipinski definition) is 6. The lowest BCUT2D eigenvalue weighted by Gasteiger charge is -2.04. The molecule has 24 heavy (non-hydrogen) atoms. The minimum atomic E-state index is -0.557. The van der Waals surface area contributed by atoms with Gasteiger partial charge >= 0.3 is 0 Å². The molecule has 0 atom stereocenters. The Morgan fingerprint density at radius 1 is 1.42 bits per heavy atom. The second-order valence-electron chi connectivity index (χ2n) is 4.78. The van der Waals surface area contributed by atoms with Crippen LogP contribution >= 0.6 is 11.6 Å². The quantitative estimate of drug-likeness (QED) is 0.416. The minimum absolute atomic E-state index is 0.0135. The SMILES string of the molecule is ONC(=Nc1ccc(F)c(Cl)c1)c1nonc1CCn1ccnc1. The van der Waals surface area contributed by atoms with Crippen molar-refractivity contribution >= 4 is 23.1 Å². The Kier molecular flexibility index (Phi) is 4.82. The summed E-state index contributed by atoms with van der Waals surface area (Å²) in [5.74, 6) is -0.544. The van der Waals surface area contributed by atoms with Gasteiger partial charge in [0.1, 0.15) is 11.5 Å². The van der Waals surface area contributed by atoms with Crippen LogP contribution in [0.5, 0.6) is 0 Å². The molecule has 0 spiro atoms. The zero-order valence-corrected chi connectivity index (χ0v) is 13.0. The second kappa shape index (κ2) is 7.20. The fraction of sp³-hybridized carbons (Fsp3) is 0.143. The topological polar surface area (TPSA) is 101 Å². The van der Waals surface area contributed by atoms with Crippen molar-refractivity contribution in [3.63, 3.8) is 0 Å². The predicted molar refractivity (Wildman–Crippen MR) is 82.8 cm³/mol. The predicted octanol–water partition coefficient (Wildman–Crippen LogP) is 2.36. The average molecular weight is 351 g/mol. The molecule has 0 fully saturated rings. The summed E-state index contributed by atoms with van der Waals surface area (Å²) >= 11 is 5.72. The van der Waals surface area contributed by atoms with Gasteiger partial charge in [-0.15, -0.1) is 0 Å². The highest BCUT2D eigenvalue weighted by Gasteiger charge is 2.16. The molecule has 1 aromatic carbocycles.